The molecule has 1 aliphatic heterocycles. The highest BCUT2D eigenvalue weighted by Gasteiger charge is 2.53. The molecule has 0 bridgehead atoms. The topological polar surface area (TPSA) is 59.5 Å². The van der Waals surface area contributed by atoms with Gasteiger partial charge in [-0.1, -0.05) is 61.5 Å². The van der Waals surface area contributed by atoms with Crippen LogP contribution in [0.25, 0.3) is 0 Å². The highest BCUT2D eigenvalue weighted by atomic mass is 35.5. The summed E-state index contributed by atoms with van der Waals surface area (Å²) in [6.07, 6.45) is 3.58. The van der Waals surface area contributed by atoms with Crippen LogP contribution in [0.1, 0.15) is 55.3 Å². The van der Waals surface area contributed by atoms with Gasteiger partial charge in [0.05, 0.1) is 11.8 Å². The SMILES string of the molecule is CC(CC1CC1)Oc1cccc(C2(c3ccsc3)CC(=O)C(c3ccccc3Cl)C(=O)N2S)n1. The van der Waals surface area contributed by atoms with Crippen LogP contribution < -0.4 is 4.74 Å². The molecule has 2 aromatic heterocycles. The molecule has 1 amide bonds. The van der Waals surface area contributed by atoms with Crippen molar-refractivity contribution in [2.75, 3.05) is 0 Å². The van der Waals surface area contributed by atoms with Crippen molar-refractivity contribution in [3.63, 3.8) is 0 Å². The zero-order valence-electron chi connectivity index (χ0n) is 18.7. The van der Waals surface area contributed by atoms with E-state index in [1.807, 2.05) is 41.9 Å². The van der Waals surface area contributed by atoms with E-state index < -0.39 is 17.4 Å². The van der Waals surface area contributed by atoms with Crippen LogP contribution in [0.3, 0.4) is 0 Å². The average molecular weight is 513 g/mol. The Morgan fingerprint density at radius 2 is 2.00 bits per heavy atom. The molecule has 8 heteroatoms. The van der Waals surface area contributed by atoms with Gasteiger partial charge in [-0.2, -0.15) is 11.3 Å². The molecule has 0 N–H and O–H groups in total. The molecule has 176 valence electrons. The monoisotopic (exact) mass is 512 g/mol. The summed E-state index contributed by atoms with van der Waals surface area (Å²) in [5.74, 6) is -0.427. The number of piperidine rings is 1. The van der Waals surface area contributed by atoms with Gasteiger partial charge in [0.2, 0.25) is 11.8 Å². The highest BCUT2D eigenvalue weighted by molar-refractivity contribution is 7.78. The molecule has 1 saturated carbocycles. The second-order valence-corrected chi connectivity index (χ2v) is 10.7. The zero-order valence-corrected chi connectivity index (χ0v) is 21.2. The molecule has 1 aromatic carbocycles. The molecule has 2 fully saturated rings. The minimum Gasteiger partial charge on any atom is -0.475 e. The quantitative estimate of drug-likeness (QED) is 0.310. The Morgan fingerprint density at radius 3 is 2.71 bits per heavy atom. The molecule has 0 spiro atoms. The molecule has 3 heterocycles. The maximum Gasteiger partial charge on any atom is 0.248 e. The van der Waals surface area contributed by atoms with Gasteiger partial charge in [-0.15, -0.1) is 0 Å². The fraction of sp³-hybridized carbons (Fsp3) is 0.346. The number of thiophene rings is 1. The van der Waals surface area contributed by atoms with Crippen LogP contribution in [-0.2, 0) is 15.1 Å². The summed E-state index contributed by atoms with van der Waals surface area (Å²) < 4.78 is 7.48. The zero-order chi connectivity index (χ0) is 23.9. The van der Waals surface area contributed by atoms with Crippen LogP contribution in [0.15, 0.2) is 59.3 Å². The summed E-state index contributed by atoms with van der Waals surface area (Å²) >= 11 is 12.5. The number of carbonyl (C=O) groups excluding carboxylic acids is 2. The van der Waals surface area contributed by atoms with E-state index in [-0.39, 0.29) is 18.3 Å². The van der Waals surface area contributed by atoms with Gasteiger partial charge in [-0.3, -0.25) is 13.9 Å². The number of hydrogen-bond donors (Lipinski definition) is 1. The van der Waals surface area contributed by atoms with Gasteiger partial charge in [0.15, 0.2) is 5.78 Å². The van der Waals surface area contributed by atoms with E-state index in [2.05, 4.69) is 12.8 Å². The minimum atomic E-state index is -1.14. The predicted octanol–water partition coefficient (Wildman–Crippen LogP) is 6.04. The third-order valence-electron chi connectivity index (χ3n) is 6.62. The van der Waals surface area contributed by atoms with Crippen LogP contribution in [0.5, 0.6) is 5.88 Å². The van der Waals surface area contributed by atoms with Gasteiger partial charge in [-0.05, 0) is 59.3 Å². The molecular weight excluding hydrogens is 488 g/mol. The number of nitrogens with zero attached hydrogens (tertiary/aromatic N) is 2. The number of halogens is 1. The van der Waals surface area contributed by atoms with Crippen molar-refractivity contribution in [2.24, 2.45) is 5.92 Å². The van der Waals surface area contributed by atoms with E-state index in [0.717, 1.165) is 17.9 Å². The first kappa shape index (κ1) is 23.4. The summed E-state index contributed by atoms with van der Waals surface area (Å²) in [7, 11) is 0. The van der Waals surface area contributed by atoms with Crippen molar-refractivity contribution in [1.29, 1.82) is 0 Å². The molecule has 3 unspecified atom stereocenters. The molecule has 1 saturated heterocycles. The molecule has 3 aromatic rings. The van der Waals surface area contributed by atoms with Crippen molar-refractivity contribution in [1.82, 2.24) is 9.29 Å². The van der Waals surface area contributed by atoms with Crippen molar-refractivity contribution in [3.8, 4) is 5.88 Å². The molecule has 0 radical (unpaired) electrons. The lowest BCUT2D eigenvalue weighted by molar-refractivity contribution is -0.142. The number of thiol groups is 1. The van der Waals surface area contributed by atoms with E-state index >= 15 is 0 Å². The van der Waals surface area contributed by atoms with E-state index in [9.17, 15) is 9.59 Å². The van der Waals surface area contributed by atoms with E-state index in [4.69, 9.17) is 21.3 Å². The fourth-order valence-corrected chi connectivity index (χ4v) is 6.12. The summed E-state index contributed by atoms with van der Waals surface area (Å²) in [6, 6.07) is 14.4. The predicted molar refractivity (Wildman–Crippen MR) is 136 cm³/mol. The third kappa shape index (κ3) is 4.25. The number of carbonyl (C=O) groups is 2. The largest absolute Gasteiger partial charge is 0.475 e. The van der Waals surface area contributed by atoms with E-state index in [0.29, 0.717) is 22.2 Å². The lowest BCUT2D eigenvalue weighted by Gasteiger charge is -2.45. The van der Waals surface area contributed by atoms with Crippen LogP contribution in [0.2, 0.25) is 5.02 Å². The molecular formula is C26H25ClN2O3S2. The number of amides is 1. The van der Waals surface area contributed by atoms with Gasteiger partial charge in [-0.25, -0.2) is 4.98 Å². The van der Waals surface area contributed by atoms with Crippen LogP contribution in [-0.4, -0.2) is 27.1 Å². The van der Waals surface area contributed by atoms with E-state index in [1.165, 1.54) is 28.5 Å². The standard InChI is InChI=1S/C26H25ClN2O3S2/c1-16(13-17-9-10-17)32-23-8-4-7-22(28-23)26(18-11-12-34-15-18)14-21(30)24(25(31)29(26)33)19-5-2-3-6-20(19)27/h2-8,11-12,15-17,24,33H,9-10,13-14H2,1H3. The summed E-state index contributed by atoms with van der Waals surface area (Å²) in [6.45, 7) is 2.05. The van der Waals surface area contributed by atoms with Crippen LogP contribution in [0.4, 0.5) is 0 Å². The maximum absolute atomic E-state index is 13.7. The third-order valence-corrected chi connectivity index (χ3v) is 8.18. The van der Waals surface area contributed by atoms with Gasteiger partial charge < -0.3 is 4.74 Å². The Balaban J connectivity index is 1.54. The van der Waals surface area contributed by atoms with Crippen LogP contribution >= 0.6 is 35.8 Å². The second kappa shape index (κ2) is 9.36. The lowest BCUT2D eigenvalue weighted by atomic mass is 9.75. The maximum atomic E-state index is 13.7. The number of hydrogen-bond acceptors (Lipinski definition) is 6. The minimum absolute atomic E-state index is 0.0307. The first-order valence-electron chi connectivity index (χ1n) is 11.4. The number of Topliss-reactive ketones (excluding diaryl/α,β-unsaturated/α-hetero) is 1. The molecule has 1 aliphatic carbocycles. The highest BCUT2D eigenvalue weighted by Crippen LogP contribution is 2.48. The number of benzene rings is 1. The average Bonchev–Trinajstić information content (AvgIpc) is 3.45. The van der Waals surface area contributed by atoms with Crippen molar-refractivity contribution in [2.45, 2.75) is 50.2 Å². The van der Waals surface area contributed by atoms with Crippen molar-refractivity contribution >= 4 is 47.4 Å². The van der Waals surface area contributed by atoms with Gasteiger partial charge >= 0.3 is 0 Å². The number of ether oxygens (including phenoxy) is 1. The van der Waals surface area contributed by atoms with Crippen LogP contribution in [0, 0.1) is 5.92 Å². The fourth-order valence-electron chi connectivity index (χ4n) is 4.75. The normalized spacial score (nSPS) is 23.7. The second-order valence-electron chi connectivity index (χ2n) is 9.09. The Bertz CT molecular complexity index is 1210. The number of aromatic nitrogens is 1. The molecule has 3 atom stereocenters. The first-order valence-corrected chi connectivity index (χ1v) is 13.1. The summed E-state index contributed by atoms with van der Waals surface area (Å²) in [4.78, 5) is 32.0. The molecule has 5 nitrogen and oxygen atoms in total. The Labute approximate surface area is 213 Å². The number of ketones is 1. The Kier molecular flexibility index (Phi) is 6.44. The van der Waals surface area contributed by atoms with Gasteiger partial charge in [0.1, 0.15) is 11.5 Å². The van der Waals surface area contributed by atoms with Gasteiger partial charge in [0, 0.05) is 17.5 Å². The van der Waals surface area contributed by atoms with Gasteiger partial charge in [0.25, 0.3) is 0 Å². The lowest BCUT2D eigenvalue weighted by Crippen LogP contribution is -2.54. The number of pyridine rings is 1. The molecule has 2 aliphatic rings. The number of rotatable bonds is 7. The van der Waals surface area contributed by atoms with Crippen molar-refractivity contribution < 1.29 is 14.3 Å². The molecule has 34 heavy (non-hydrogen) atoms. The first-order chi connectivity index (χ1) is 16.4. The summed E-state index contributed by atoms with van der Waals surface area (Å²) in [5.41, 5.74) is 0.698. The Hall–Kier alpha value is -2.35. The Morgan fingerprint density at radius 1 is 1.21 bits per heavy atom. The van der Waals surface area contributed by atoms with Crippen molar-refractivity contribution in [3.05, 3.63) is 81.1 Å². The smallest absolute Gasteiger partial charge is 0.248 e. The summed E-state index contributed by atoms with van der Waals surface area (Å²) in [5, 5.41) is 4.24. The van der Waals surface area contributed by atoms with E-state index in [1.54, 1.807) is 24.3 Å². The molecule has 5 rings (SSSR count).